The van der Waals surface area contributed by atoms with Crippen LogP contribution < -0.4 is 5.32 Å². The number of rotatable bonds is 3. The van der Waals surface area contributed by atoms with Gasteiger partial charge >= 0.3 is 0 Å². The summed E-state index contributed by atoms with van der Waals surface area (Å²) in [5.41, 5.74) is 0.341. The number of nitrogens with zero attached hydrogens (tertiary/aromatic N) is 2. The average molecular weight is 263 g/mol. The maximum Gasteiger partial charge on any atom is 0.270 e. The molecular weight excluding hydrogens is 246 g/mol. The van der Waals surface area contributed by atoms with Crippen LogP contribution in [0.15, 0.2) is 24.3 Å². The molecule has 1 fully saturated rings. The first kappa shape index (κ1) is 13.5. The topological polar surface area (TPSA) is 75.5 Å². The largest absolute Gasteiger partial charge is 0.339 e. The van der Waals surface area contributed by atoms with Crippen LogP contribution in [0.5, 0.6) is 0 Å². The molecule has 102 valence electrons. The molecule has 1 amide bonds. The zero-order chi connectivity index (χ0) is 13.8. The number of amides is 1. The van der Waals surface area contributed by atoms with Gasteiger partial charge in [0.25, 0.3) is 11.6 Å². The van der Waals surface area contributed by atoms with Crippen molar-refractivity contribution in [3.63, 3.8) is 0 Å². The zero-order valence-electron chi connectivity index (χ0n) is 10.8. The first-order valence-corrected chi connectivity index (χ1v) is 6.33. The number of benzene rings is 1. The van der Waals surface area contributed by atoms with Crippen LogP contribution in [0.1, 0.15) is 23.2 Å². The standard InChI is InChI=1S/C13H17N3O3/c1-14-11-5-7-15(8-6-11)13(17)10-3-2-4-12(9-10)16(18)19/h2-4,9,11,14H,5-8H2,1H3. The molecule has 1 heterocycles. The van der Waals surface area contributed by atoms with E-state index in [1.54, 1.807) is 17.0 Å². The van der Waals surface area contributed by atoms with E-state index < -0.39 is 4.92 Å². The maximum absolute atomic E-state index is 12.3. The summed E-state index contributed by atoms with van der Waals surface area (Å²) in [4.78, 5) is 24.2. The van der Waals surface area contributed by atoms with Gasteiger partial charge in [-0.25, -0.2) is 0 Å². The van der Waals surface area contributed by atoms with Crippen LogP contribution in [0.3, 0.4) is 0 Å². The minimum absolute atomic E-state index is 0.0454. The van der Waals surface area contributed by atoms with E-state index in [2.05, 4.69) is 5.32 Å². The van der Waals surface area contributed by atoms with Crippen molar-refractivity contribution in [2.24, 2.45) is 0 Å². The molecule has 19 heavy (non-hydrogen) atoms. The van der Waals surface area contributed by atoms with E-state index in [1.807, 2.05) is 7.05 Å². The third-order valence-corrected chi connectivity index (χ3v) is 3.49. The molecule has 0 unspecified atom stereocenters. The zero-order valence-corrected chi connectivity index (χ0v) is 10.8. The summed E-state index contributed by atoms with van der Waals surface area (Å²) in [6.07, 6.45) is 1.83. The van der Waals surface area contributed by atoms with Crippen LogP contribution in [0.25, 0.3) is 0 Å². The number of carbonyl (C=O) groups excluding carboxylic acids is 1. The Balaban J connectivity index is 2.08. The summed E-state index contributed by atoms with van der Waals surface area (Å²) in [5, 5.41) is 13.9. The van der Waals surface area contributed by atoms with Crippen LogP contribution in [0.4, 0.5) is 5.69 Å². The molecule has 6 nitrogen and oxygen atoms in total. The highest BCUT2D eigenvalue weighted by Gasteiger charge is 2.23. The highest BCUT2D eigenvalue weighted by Crippen LogP contribution is 2.17. The Bertz CT molecular complexity index is 482. The number of hydrogen-bond acceptors (Lipinski definition) is 4. The molecule has 0 spiro atoms. The summed E-state index contributed by atoms with van der Waals surface area (Å²) in [5.74, 6) is -0.127. The number of carbonyl (C=O) groups is 1. The number of likely N-dealkylation sites (tertiary alicyclic amines) is 1. The lowest BCUT2D eigenvalue weighted by atomic mass is 10.0. The van der Waals surface area contributed by atoms with Crippen molar-refractivity contribution in [3.8, 4) is 0 Å². The van der Waals surface area contributed by atoms with Crippen molar-refractivity contribution in [1.29, 1.82) is 0 Å². The van der Waals surface area contributed by atoms with Crippen molar-refractivity contribution < 1.29 is 9.72 Å². The number of nitrogens with one attached hydrogen (secondary N) is 1. The summed E-state index contributed by atoms with van der Waals surface area (Å²) in [6, 6.07) is 6.36. The van der Waals surface area contributed by atoms with Gasteiger partial charge in [-0.3, -0.25) is 14.9 Å². The molecule has 1 saturated heterocycles. The molecule has 1 N–H and O–H groups in total. The first-order valence-electron chi connectivity index (χ1n) is 6.33. The molecular formula is C13H17N3O3. The van der Waals surface area contributed by atoms with Gasteiger partial charge in [-0.2, -0.15) is 0 Å². The summed E-state index contributed by atoms with van der Waals surface area (Å²) in [6.45, 7) is 1.38. The van der Waals surface area contributed by atoms with Crippen molar-refractivity contribution in [1.82, 2.24) is 10.2 Å². The molecule has 0 bridgehead atoms. The van der Waals surface area contributed by atoms with Gasteiger partial charge in [0.15, 0.2) is 0 Å². The van der Waals surface area contributed by atoms with Crippen LogP contribution in [-0.4, -0.2) is 41.9 Å². The smallest absolute Gasteiger partial charge is 0.270 e. The maximum atomic E-state index is 12.3. The Morgan fingerprint density at radius 3 is 2.68 bits per heavy atom. The van der Waals surface area contributed by atoms with Crippen molar-refractivity contribution in [2.45, 2.75) is 18.9 Å². The molecule has 1 aromatic carbocycles. The molecule has 2 rings (SSSR count). The van der Waals surface area contributed by atoms with Gasteiger partial charge in [0.1, 0.15) is 0 Å². The van der Waals surface area contributed by atoms with Gasteiger partial charge in [-0.15, -0.1) is 0 Å². The highest BCUT2D eigenvalue weighted by atomic mass is 16.6. The molecule has 0 radical (unpaired) electrons. The second-order valence-electron chi connectivity index (χ2n) is 4.66. The SMILES string of the molecule is CNC1CCN(C(=O)c2cccc([N+](=O)[O-])c2)CC1. The molecule has 0 aromatic heterocycles. The fourth-order valence-electron chi connectivity index (χ4n) is 2.31. The van der Waals surface area contributed by atoms with Crippen LogP contribution >= 0.6 is 0 Å². The Kier molecular flexibility index (Phi) is 4.11. The number of hydrogen-bond donors (Lipinski definition) is 1. The van der Waals surface area contributed by atoms with Crippen LogP contribution in [0.2, 0.25) is 0 Å². The quantitative estimate of drug-likeness (QED) is 0.661. The van der Waals surface area contributed by atoms with E-state index in [1.165, 1.54) is 12.1 Å². The van der Waals surface area contributed by atoms with Gasteiger partial charge in [-0.1, -0.05) is 6.07 Å². The number of nitro benzene ring substituents is 1. The van der Waals surface area contributed by atoms with Gasteiger partial charge in [0.2, 0.25) is 0 Å². The minimum Gasteiger partial charge on any atom is -0.339 e. The van der Waals surface area contributed by atoms with Crippen molar-refractivity contribution >= 4 is 11.6 Å². The predicted molar refractivity (Wildman–Crippen MR) is 71.1 cm³/mol. The van der Waals surface area contributed by atoms with Crippen molar-refractivity contribution in [3.05, 3.63) is 39.9 Å². The van der Waals surface area contributed by atoms with Gasteiger partial charge < -0.3 is 10.2 Å². The molecule has 0 aliphatic carbocycles. The van der Waals surface area contributed by atoms with Crippen molar-refractivity contribution in [2.75, 3.05) is 20.1 Å². The fraction of sp³-hybridized carbons (Fsp3) is 0.462. The lowest BCUT2D eigenvalue weighted by Crippen LogP contribution is -2.43. The Morgan fingerprint density at radius 1 is 1.42 bits per heavy atom. The first-order chi connectivity index (χ1) is 9.11. The van der Waals surface area contributed by atoms with Crippen LogP contribution in [-0.2, 0) is 0 Å². The van der Waals surface area contributed by atoms with E-state index in [0.29, 0.717) is 24.7 Å². The van der Waals surface area contributed by atoms with E-state index in [0.717, 1.165) is 12.8 Å². The van der Waals surface area contributed by atoms with Crippen LogP contribution in [0, 0.1) is 10.1 Å². The molecule has 1 aliphatic rings. The van der Waals surface area contributed by atoms with E-state index in [9.17, 15) is 14.9 Å². The second kappa shape index (κ2) is 5.79. The summed E-state index contributed by atoms with van der Waals surface area (Å²) in [7, 11) is 1.92. The normalized spacial score (nSPS) is 16.4. The van der Waals surface area contributed by atoms with E-state index in [4.69, 9.17) is 0 Å². The minimum atomic E-state index is -0.482. The lowest BCUT2D eigenvalue weighted by molar-refractivity contribution is -0.384. The molecule has 1 aromatic rings. The van der Waals surface area contributed by atoms with Gasteiger partial charge in [0, 0.05) is 36.8 Å². The third-order valence-electron chi connectivity index (χ3n) is 3.49. The Morgan fingerprint density at radius 2 is 2.11 bits per heavy atom. The number of nitro groups is 1. The average Bonchev–Trinajstić information content (AvgIpc) is 2.46. The monoisotopic (exact) mass is 263 g/mol. The Hall–Kier alpha value is -1.95. The van der Waals surface area contributed by atoms with E-state index in [-0.39, 0.29) is 11.6 Å². The highest BCUT2D eigenvalue weighted by molar-refractivity contribution is 5.94. The number of non-ortho nitro benzene ring substituents is 1. The second-order valence-corrected chi connectivity index (χ2v) is 4.66. The Labute approximate surface area is 111 Å². The van der Waals surface area contributed by atoms with E-state index >= 15 is 0 Å². The summed E-state index contributed by atoms with van der Waals surface area (Å²) < 4.78 is 0. The van der Waals surface area contributed by atoms with Gasteiger partial charge in [-0.05, 0) is 26.0 Å². The molecule has 1 aliphatic heterocycles. The fourth-order valence-corrected chi connectivity index (χ4v) is 2.31. The molecule has 0 atom stereocenters. The lowest BCUT2D eigenvalue weighted by Gasteiger charge is -2.31. The number of piperidine rings is 1. The summed E-state index contributed by atoms with van der Waals surface area (Å²) >= 11 is 0. The predicted octanol–water partition coefficient (Wildman–Crippen LogP) is 1.42. The van der Waals surface area contributed by atoms with Gasteiger partial charge in [0.05, 0.1) is 4.92 Å². The molecule has 6 heteroatoms. The molecule has 0 saturated carbocycles. The third kappa shape index (κ3) is 3.08.